The molecular weight excluding hydrogens is 173 g/mol. The lowest BCUT2D eigenvalue weighted by Crippen LogP contribution is -2.38. The van der Waals surface area contributed by atoms with E-state index in [1.54, 1.807) is 0 Å². The summed E-state index contributed by atoms with van der Waals surface area (Å²) in [5.74, 6) is -1.59. The van der Waals surface area contributed by atoms with Crippen molar-refractivity contribution in [2.75, 3.05) is 19.6 Å². The molecule has 0 radical (unpaired) electrons. The average molecular weight is 189 g/mol. The summed E-state index contributed by atoms with van der Waals surface area (Å²) in [5.41, 5.74) is 0. The molecule has 1 aliphatic heterocycles. The molecule has 1 heterocycles. The molecule has 0 aromatic heterocycles. The molecule has 0 spiro atoms. The second-order valence-corrected chi connectivity index (χ2v) is 3.51. The van der Waals surface area contributed by atoms with E-state index in [9.17, 15) is 9.18 Å². The van der Waals surface area contributed by atoms with Crippen molar-refractivity contribution in [3.8, 4) is 0 Å². The zero-order valence-corrected chi connectivity index (χ0v) is 7.87. The summed E-state index contributed by atoms with van der Waals surface area (Å²) in [6.07, 6.45) is -0.332. The van der Waals surface area contributed by atoms with Gasteiger partial charge in [-0.1, -0.05) is 6.92 Å². The Morgan fingerprint density at radius 2 is 2.15 bits per heavy atom. The summed E-state index contributed by atoms with van der Waals surface area (Å²) in [7, 11) is 0. The normalized spacial score (nSPS) is 22.9. The fourth-order valence-electron chi connectivity index (χ4n) is 1.76. The lowest BCUT2D eigenvalue weighted by Gasteiger charge is -2.31. The van der Waals surface area contributed by atoms with E-state index in [0.29, 0.717) is 12.8 Å². The van der Waals surface area contributed by atoms with Gasteiger partial charge in [-0.25, -0.2) is 9.18 Å². The van der Waals surface area contributed by atoms with Crippen molar-refractivity contribution < 1.29 is 14.3 Å². The number of likely N-dealkylation sites (tertiary alicyclic amines) is 1. The second-order valence-electron chi connectivity index (χ2n) is 3.51. The minimum atomic E-state index is -1.67. The maximum atomic E-state index is 13.0. The van der Waals surface area contributed by atoms with Crippen molar-refractivity contribution >= 4 is 5.97 Å². The van der Waals surface area contributed by atoms with Crippen LogP contribution < -0.4 is 0 Å². The number of alkyl halides is 1. The van der Waals surface area contributed by atoms with Gasteiger partial charge in [-0.05, 0) is 32.5 Å². The SMILES string of the molecule is CCN1CCC(C(F)C(=O)O)CC1. The summed E-state index contributed by atoms with van der Waals surface area (Å²) < 4.78 is 13.0. The highest BCUT2D eigenvalue weighted by molar-refractivity contribution is 5.72. The third-order valence-electron chi connectivity index (χ3n) is 2.73. The quantitative estimate of drug-likeness (QED) is 0.723. The van der Waals surface area contributed by atoms with Gasteiger partial charge in [0.1, 0.15) is 0 Å². The monoisotopic (exact) mass is 189 g/mol. The molecule has 3 nitrogen and oxygen atoms in total. The number of piperidine rings is 1. The molecule has 1 saturated heterocycles. The molecule has 1 atom stereocenters. The van der Waals surface area contributed by atoms with Crippen LogP contribution in [-0.2, 0) is 4.79 Å². The number of hydrogen-bond donors (Lipinski definition) is 1. The fourth-order valence-corrected chi connectivity index (χ4v) is 1.76. The molecular formula is C9H16FNO2. The highest BCUT2D eigenvalue weighted by Gasteiger charge is 2.30. The molecule has 0 aromatic rings. The molecule has 13 heavy (non-hydrogen) atoms. The number of rotatable bonds is 3. The van der Waals surface area contributed by atoms with E-state index in [1.165, 1.54) is 0 Å². The highest BCUT2D eigenvalue weighted by atomic mass is 19.1. The Bertz CT molecular complexity index is 178. The molecule has 1 aliphatic rings. The van der Waals surface area contributed by atoms with Gasteiger partial charge in [0.25, 0.3) is 0 Å². The molecule has 0 saturated carbocycles. The maximum Gasteiger partial charge on any atom is 0.338 e. The van der Waals surface area contributed by atoms with Gasteiger partial charge in [-0.15, -0.1) is 0 Å². The van der Waals surface area contributed by atoms with Crippen LogP contribution in [0, 0.1) is 5.92 Å². The number of carbonyl (C=O) groups is 1. The van der Waals surface area contributed by atoms with Crippen LogP contribution in [0.2, 0.25) is 0 Å². The van der Waals surface area contributed by atoms with Gasteiger partial charge < -0.3 is 10.0 Å². The van der Waals surface area contributed by atoms with Crippen molar-refractivity contribution in [1.29, 1.82) is 0 Å². The number of hydrogen-bond acceptors (Lipinski definition) is 2. The number of nitrogens with zero attached hydrogens (tertiary/aromatic N) is 1. The van der Waals surface area contributed by atoms with E-state index in [4.69, 9.17) is 5.11 Å². The first-order valence-electron chi connectivity index (χ1n) is 4.74. The van der Waals surface area contributed by atoms with Crippen LogP contribution >= 0.6 is 0 Å². The number of carboxylic acid groups (broad SMARTS) is 1. The fraction of sp³-hybridized carbons (Fsp3) is 0.889. The third kappa shape index (κ3) is 2.66. The van der Waals surface area contributed by atoms with Crippen molar-refractivity contribution in [3.63, 3.8) is 0 Å². The molecule has 1 rings (SSSR count). The van der Waals surface area contributed by atoms with E-state index in [1.807, 2.05) is 0 Å². The molecule has 0 aromatic carbocycles. The first-order valence-corrected chi connectivity index (χ1v) is 4.74. The van der Waals surface area contributed by atoms with E-state index in [0.717, 1.165) is 19.6 Å². The Morgan fingerprint density at radius 1 is 1.62 bits per heavy atom. The molecule has 1 fully saturated rings. The molecule has 1 unspecified atom stereocenters. The van der Waals surface area contributed by atoms with E-state index in [-0.39, 0.29) is 5.92 Å². The number of aliphatic carboxylic acids is 1. The predicted octanol–water partition coefficient (Wildman–Crippen LogP) is 1.14. The topological polar surface area (TPSA) is 40.5 Å². The number of carboxylic acids is 1. The van der Waals surface area contributed by atoms with Gasteiger partial charge >= 0.3 is 5.97 Å². The standard InChI is InChI=1S/C9H16FNO2/c1-2-11-5-3-7(4-6-11)8(10)9(12)13/h7-8H,2-6H2,1H3,(H,12,13). The third-order valence-corrected chi connectivity index (χ3v) is 2.73. The summed E-state index contributed by atoms with van der Waals surface area (Å²) in [6, 6.07) is 0. The van der Waals surface area contributed by atoms with Crippen LogP contribution in [0.25, 0.3) is 0 Å². The Hall–Kier alpha value is -0.640. The van der Waals surface area contributed by atoms with Crippen LogP contribution in [0.4, 0.5) is 4.39 Å². The maximum absolute atomic E-state index is 13.0. The summed E-state index contributed by atoms with van der Waals surface area (Å²) >= 11 is 0. The average Bonchev–Trinajstić information content (AvgIpc) is 2.17. The van der Waals surface area contributed by atoms with Gasteiger partial charge in [0.2, 0.25) is 0 Å². The van der Waals surface area contributed by atoms with Gasteiger partial charge in [0, 0.05) is 5.92 Å². The molecule has 1 N–H and O–H groups in total. The van der Waals surface area contributed by atoms with Crippen LogP contribution in [0.15, 0.2) is 0 Å². The first kappa shape index (κ1) is 10.4. The molecule has 4 heteroatoms. The minimum absolute atomic E-state index is 0.278. The van der Waals surface area contributed by atoms with Crippen LogP contribution in [-0.4, -0.2) is 41.8 Å². The zero-order valence-electron chi connectivity index (χ0n) is 7.87. The van der Waals surface area contributed by atoms with E-state index >= 15 is 0 Å². The van der Waals surface area contributed by atoms with Crippen molar-refractivity contribution in [3.05, 3.63) is 0 Å². The summed E-state index contributed by atoms with van der Waals surface area (Å²) in [6.45, 7) is 4.69. The Morgan fingerprint density at radius 3 is 2.54 bits per heavy atom. The smallest absolute Gasteiger partial charge is 0.338 e. The van der Waals surface area contributed by atoms with Crippen LogP contribution in [0.1, 0.15) is 19.8 Å². The van der Waals surface area contributed by atoms with Crippen molar-refractivity contribution in [2.24, 2.45) is 5.92 Å². The molecule has 0 aliphatic carbocycles. The Kier molecular flexibility index (Phi) is 3.66. The van der Waals surface area contributed by atoms with Gasteiger partial charge in [-0.3, -0.25) is 0 Å². The van der Waals surface area contributed by atoms with Crippen molar-refractivity contribution in [2.45, 2.75) is 25.9 Å². The Balaban J connectivity index is 2.36. The first-order chi connectivity index (χ1) is 6.15. The lowest BCUT2D eigenvalue weighted by atomic mass is 9.92. The Labute approximate surface area is 77.5 Å². The van der Waals surface area contributed by atoms with Crippen LogP contribution in [0.3, 0.4) is 0 Å². The summed E-state index contributed by atoms with van der Waals surface area (Å²) in [5, 5.41) is 8.47. The number of halogens is 1. The summed E-state index contributed by atoms with van der Waals surface area (Å²) in [4.78, 5) is 12.6. The van der Waals surface area contributed by atoms with Crippen LogP contribution in [0.5, 0.6) is 0 Å². The molecule has 0 amide bonds. The van der Waals surface area contributed by atoms with E-state index < -0.39 is 12.1 Å². The molecule has 0 bridgehead atoms. The zero-order chi connectivity index (χ0) is 9.84. The van der Waals surface area contributed by atoms with Gasteiger partial charge in [0.05, 0.1) is 0 Å². The van der Waals surface area contributed by atoms with Gasteiger partial charge in [0.15, 0.2) is 6.17 Å². The van der Waals surface area contributed by atoms with Crippen molar-refractivity contribution in [1.82, 2.24) is 4.90 Å². The minimum Gasteiger partial charge on any atom is -0.479 e. The second kappa shape index (κ2) is 4.56. The van der Waals surface area contributed by atoms with Gasteiger partial charge in [-0.2, -0.15) is 0 Å². The van der Waals surface area contributed by atoms with E-state index in [2.05, 4.69) is 11.8 Å². The largest absolute Gasteiger partial charge is 0.479 e. The predicted molar refractivity (Wildman–Crippen MR) is 47.4 cm³/mol. The highest BCUT2D eigenvalue weighted by Crippen LogP contribution is 2.22. The molecule has 76 valence electrons. The lowest BCUT2D eigenvalue weighted by molar-refractivity contribution is -0.145.